The van der Waals surface area contributed by atoms with Crippen LogP contribution >= 0.6 is 11.6 Å². The van der Waals surface area contributed by atoms with Crippen LogP contribution in [0, 0.1) is 0 Å². The van der Waals surface area contributed by atoms with Crippen molar-refractivity contribution in [1.82, 2.24) is 5.01 Å². The van der Waals surface area contributed by atoms with Crippen LogP contribution in [0.4, 0.5) is 50.0 Å². The molecule has 0 aliphatic carbocycles. The molecular formula is C28H19ClF9N3O4. The predicted octanol–water partition coefficient (Wildman–Crippen LogP) is 8.03. The zero-order chi connectivity index (χ0) is 33.4. The SMILES string of the molecule is CCOC(=O)C1(c2ccc(C(F)(F)F)cc2)CN(C(=O)Nc2ccc(OC(F)(F)F)cc2)N=C1c1ccc(C(F)(F)F)c(Cl)c1. The second-order valence-electron chi connectivity index (χ2n) is 9.40. The van der Waals surface area contributed by atoms with E-state index in [0.717, 1.165) is 48.5 Å². The van der Waals surface area contributed by atoms with Crippen LogP contribution in [0.1, 0.15) is 29.2 Å². The first-order valence-corrected chi connectivity index (χ1v) is 13.0. The molecule has 0 radical (unpaired) electrons. The average molecular weight is 668 g/mol. The monoisotopic (exact) mass is 667 g/mol. The maximum absolute atomic E-state index is 13.6. The quantitative estimate of drug-likeness (QED) is 0.213. The van der Waals surface area contributed by atoms with Gasteiger partial charge in [-0.3, -0.25) is 4.79 Å². The topological polar surface area (TPSA) is 80.2 Å². The zero-order valence-corrected chi connectivity index (χ0v) is 23.3. The van der Waals surface area contributed by atoms with Crippen LogP contribution in [0.5, 0.6) is 5.75 Å². The van der Waals surface area contributed by atoms with Crippen LogP contribution < -0.4 is 10.1 Å². The molecule has 1 aliphatic rings. The van der Waals surface area contributed by atoms with Crippen molar-refractivity contribution in [2.75, 3.05) is 18.5 Å². The second-order valence-corrected chi connectivity index (χ2v) is 9.81. The molecule has 4 rings (SSSR count). The fraction of sp³-hybridized carbons (Fsp3) is 0.250. The summed E-state index contributed by atoms with van der Waals surface area (Å²) in [5, 5.41) is 6.38. The third-order valence-electron chi connectivity index (χ3n) is 6.46. The van der Waals surface area contributed by atoms with Crippen molar-refractivity contribution >= 4 is 35.0 Å². The van der Waals surface area contributed by atoms with Crippen LogP contribution in [0.15, 0.2) is 71.8 Å². The summed E-state index contributed by atoms with van der Waals surface area (Å²) in [5.74, 6) is -1.69. The molecule has 240 valence electrons. The van der Waals surface area contributed by atoms with Gasteiger partial charge < -0.3 is 14.8 Å². The molecule has 0 spiro atoms. The van der Waals surface area contributed by atoms with Gasteiger partial charge in [0.05, 0.1) is 35.0 Å². The number of urea groups is 1. The fourth-order valence-corrected chi connectivity index (χ4v) is 4.78. The van der Waals surface area contributed by atoms with E-state index in [1.54, 1.807) is 0 Å². The van der Waals surface area contributed by atoms with E-state index in [4.69, 9.17) is 16.3 Å². The molecule has 0 aromatic heterocycles. The lowest BCUT2D eigenvalue weighted by Crippen LogP contribution is -2.48. The minimum absolute atomic E-state index is 0.0491. The molecule has 0 saturated carbocycles. The number of hydrogen-bond donors (Lipinski definition) is 1. The Morgan fingerprint density at radius 2 is 1.53 bits per heavy atom. The number of nitrogens with one attached hydrogen (secondary N) is 1. The molecule has 3 aromatic rings. The highest BCUT2D eigenvalue weighted by Gasteiger charge is 2.54. The van der Waals surface area contributed by atoms with Gasteiger partial charge in [-0.25, -0.2) is 9.80 Å². The molecule has 0 saturated heterocycles. The minimum Gasteiger partial charge on any atom is -0.465 e. The number of amides is 2. The summed E-state index contributed by atoms with van der Waals surface area (Å²) < 4.78 is 127. The lowest BCUT2D eigenvalue weighted by Gasteiger charge is -2.29. The third kappa shape index (κ3) is 7.27. The summed E-state index contributed by atoms with van der Waals surface area (Å²) in [4.78, 5) is 26.9. The van der Waals surface area contributed by atoms with Gasteiger partial charge in [0, 0.05) is 11.3 Å². The average Bonchev–Trinajstić information content (AvgIpc) is 3.35. The summed E-state index contributed by atoms with van der Waals surface area (Å²) in [5.41, 5.74) is -5.22. The van der Waals surface area contributed by atoms with Gasteiger partial charge in [0.15, 0.2) is 5.41 Å². The molecule has 3 aromatic carbocycles. The van der Waals surface area contributed by atoms with Crippen LogP contribution in [-0.4, -0.2) is 42.2 Å². The van der Waals surface area contributed by atoms with Crippen molar-refractivity contribution in [2.24, 2.45) is 5.10 Å². The molecule has 1 unspecified atom stereocenters. The minimum atomic E-state index is -4.97. The number of esters is 1. The van der Waals surface area contributed by atoms with Gasteiger partial charge in [0.1, 0.15) is 5.75 Å². The molecule has 0 fully saturated rings. The maximum Gasteiger partial charge on any atom is 0.573 e. The molecule has 1 aliphatic heterocycles. The smallest absolute Gasteiger partial charge is 0.465 e. The van der Waals surface area contributed by atoms with Gasteiger partial charge in [-0.05, 0) is 61.0 Å². The van der Waals surface area contributed by atoms with Crippen LogP contribution in [0.25, 0.3) is 0 Å². The highest BCUT2D eigenvalue weighted by Crippen LogP contribution is 2.41. The van der Waals surface area contributed by atoms with E-state index in [1.165, 1.54) is 6.92 Å². The van der Waals surface area contributed by atoms with Crippen LogP contribution in [0.3, 0.4) is 0 Å². The standard InChI is InChI=1S/C28H19ClF9N3O4/c1-2-44-23(42)25(16-4-6-17(7-5-16)26(30,31)32)14-41(24(43)39-18-8-10-19(11-9-18)45-28(36,37)38)40-22(25)15-3-12-20(21(29)13-15)27(33,34)35/h3-13H,2,14H2,1H3,(H,39,43). The first-order chi connectivity index (χ1) is 20.8. The van der Waals surface area contributed by atoms with Gasteiger partial charge in [0.2, 0.25) is 0 Å². The zero-order valence-electron chi connectivity index (χ0n) is 22.6. The van der Waals surface area contributed by atoms with Gasteiger partial charge in [0.25, 0.3) is 0 Å². The first kappa shape index (κ1) is 33.4. The molecule has 1 atom stereocenters. The number of hydrazone groups is 1. The van der Waals surface area contributed by atoms with E-state index in [-0.39, 0.29) is 29.1 Å². The highest BCUT2D eigenvalue weighted by atomic mass is 35.5. The molecule has 7 nitrogen and oxygen atoms in total. The number of ether oxygens (including phenoxy) is 2. The Labute approximate surface area is 253 Å². The number of hydrogen-bond acceptors (Lipinski definition) is 5. The molecule has 1 N–H and O–H groups in total. The molecule has 1 heterocycles. The molecule has 45 heavy (non-hydrogen) atoms. The van der Waals surface area contributed by atoms with E-state index in [0.29, 0.717) is 23.2 Å². The second kappa shape index (κ2) is 12.1. The summed E-state index contributed by atoms with van der Waals surface area (Å²) in [6.45, 7) is 0.489. The van der Waals surface area contributed by atoms with E-state index < -0.39 is 64.6 Å². The van der Waals surface area contributed by atoms with Gasteiger partial charge >= 0.3 is 30.7 Å². The van der Waals surface area contributed by atoms with E-state index in [1.807, 2.05) is 0 Å². The van der Waals surface area contributed by atoms with E-state index >= 15 is 0 Å². The van der Waals surface area contributed by atoms with Crippen molar-refractivity contribution < 1.29 is 58.6 Å². The largest absolute Gasteiger partial charge is 0.573 e. The number of anilines is 1. The van der Waals surface area contributed by atoms with Gasteiger partial charge in [-0.1, -0.05) is 29.8 Å². The molecule has 17 heteroatoms. The predicted molar refractivity (Wildman–Crippen MR) is 142 cm³/mol. The van der Waals surface area contributed by atoms with Crippen molar-refractivity contribution in [2.45, 2.75) is 31.1 Å². The van der Waals surface area contributed by atoms with Crippen molar-refractivity contribution in [3.63, 3.8) is 0 Å². The summed E-state index contributed by atoms with van der Waals surface area (Å²) >= 11 is 5.91. The summed E-state index contributed by atoms with van der Waals surface area (Å²) in [6.07, 6.45) is -14.6. The van der Waals surface area contributed by atoms with Crippen molar-refractivity contribution in [3.05, 3.63) is 94.0 Å². The number of halogens is 10. The maximum atomic E-state index is 13.6. The fourth-order valence-electron chi connectivity index (χ4n) is 4.49. The Morgan fingerprint density at radius 3 is 2.04 bits per heavy atom. The Morgan fingerprint density at radius 1 is 0.911 bits per heavy atom. The number of benzene rings is 3. The Kier molecular flexibility index (Phi) is 9.02. The highest BCUT2D eigenvalue weighted by molar-refractivity contribution is 6.32. The summed E-state index contributed by atoms with van der Waals surface area (Å²) in [6, 6.07) is 8.45. The number of carbonyl (C=O) groups is 2. The first-order valence-electron chi connectivity index (χ1n) is 12.6. The molecular weight excluding hydrogens is 649 g/mol. The van der Waals surface area contributed by atoms with Crippen molar-refractivity contribution in [1.29, 1.82) is 0 Å². The summed E-state index contributed by atoms with van der Waals surface area (Å²) in [7, 11) is 0. The lowest BCUT2D eigenvalue weighted by atomic mass is 9.74. The van der Waals surface area contributed by atoms with E-state index in [9.17, 15) is 49.1 Å². The van der Waals surface area contributed by atoms with Crippen LogP contribution in [-0.2, 0) is 27.3 Å². The Bertz CT molecular complexity index is 1610. The van der Waals surface area contributed by atoms with Crippen LogP contribution in [0.2, 0.25) is 5.02 Å². The number of rotatable bonds is 6. The van der Waals surface area contributed by atoms with Gasteiger partial charge in [-0.2, -0.15) is 31.4 Å². The third-order valence-corrected chi connectivity index (χ3v) is 6.78. The lowest BCUT2D eigenvalue weighted by molar-refractivity contribution is -0.274. The molecule has 0 bridgehead atoms. The number of carbonyl (C=O) groups excluding carboxylic acids is 2. The Hall–Kier alpha value is -4.47. The Balaban J connectivity index is 1.81. The molecule has 2 amide bonds. The van der Waals surface area contributed by atoms with Gasteiger partial charge in [-0.15, -0.1) is 13.2 Å². The normalized spacial score (nSPS) is 17.1. The van der Waals surface area contributed by atoms with E-state index in [2.05, 4.69) is 15.2 Å². The number of nitrogens with zero attached hydrogens (tertiary/aromatic N) is 2. The van der Waals surface area contributed by atoms with Crippen molar-refractivity contribution in [3.8, 4) is 5.75 Å². The number of alkyl halides is 9.